The van der Waals surface area contributed by atoms with Crippen LogP contribution in [-0.2, 0) is 0 Å². The van der Waals surface area contributed by atoms with Crippen molar-refractivity contribution < 1.29 is 0 Å². The van der Waals surface area contributed by atoms with Gasteiger partial charge in [0.05, 0.1) is 0 Å². The van der Waals surface area contributed by atoms with Crippen LogP contribution in [0.4, 0.5) is 0 Å². The first-order chi connectivity index (χ1) is 6.33. The molecule has 13 heavy (non-hydrogen) atoms. The summed E-state index contributed by atoms with van der Waals surface area (Å²) in [7, 11) is 0. The summed E-state index contributed by atoms with van der Waals surface area (Å²) in [6.07, 6.45) is 9.55. The van der Waals surface area contributed by atoms with E-state index in [1.165, 1.54) is 11.1 Å². The molecule has 0 aliphatic heterocycles. The van der Waals surface area contributed by atoms with Gasteiger partial charge in [0.25, 0.3) is 0 Å². The van der Waals surface area contributed by atoms with Gasteiger partial charge in [-0.15, -0.1) is 0 Å². The number of rotatable bonds is 3. The van der Waals surface area contributed by atoms with E-state index in [-0.39, 0.29) is 0 Å². The molecule has 0 spiro atoms. The number of allylic oxidation sites excluding steroid dienone is 3. The molecule has 0 N–H and O–H groups in total. The average Bonchev–Trinajstić information content (AvgIpc) is 2.15. The third-order valence-electron chi connectivity index (χ3n) is 1.90. The predicted molar refractivity (Wildman–Crippen MR) is 59.6 cm³/mol. The van der Waals surface area contributed by atoms with E-state index in [1.54, 1.807) is 0 Å². The Hall–Kier alpha value is -1.30. The Balaban J connectivity index is 2.54. The van der Waals surface area contributed by atoms with Crippen LogP contribution in [0.2, 0.25) is 0 Å². The Morgan fingerprint density at radius 3 is 2.38 bits per heavy atom. The van der Waals surface area contributed by atoms with Gasteiger partial charge in [-0.05, 0) is 25.8 Å². The van der Waals surface area contributed by atoms with Crippen molar-refractivity contribution in [1.29, 1.82) is 0 Å². The van der Waals surface area contributed by atoms with E-state index in [0.29, 0.717) is 0 Å². The molecule has 1 aromatic rings. The molecular formula is C13H16. The molecule has 0 fully saturated rings. The molecule has 0 unspecified atom stereocenters. The standard InChI is InChI=1S/C13H16/c1-3-4-5-6-7-13-10-8-12(2)9-11-13/h3-4,6-11H,5H2,1-2H3. The monoisotopic (exact) mass is 172 g/mol. The van der Waals surface area contributed by atoms with Gasteiger partial charge in [0.15, 0.2) is 0 Å². The fraction of sp³-hybridized carbons (Fsp3) is 0.231. The predicted octanol–water partition coefficient (Wildman–Crippen LogP) is 3.97. The largest absolute Gasteiger partial charge is 0.0914 e. The van der Waals surface area contributed by atoms with E-state index >= 15 is 0 Å². The third kappa shape index (κ3) is 3.75. The van der Waals surface area contributed by atoms with Crippen molar-refractivity contribution >= 4 is 6.08 Å². The summed E-state index contributed by atoms with van der Waals surface area (Å²) in [4.78, 5) is 0. The van der Waals surface area contributed by atoms with Crippen molar-refractivity contribution in [1.82, 2.24) is 0 Å². The van der Waals surface area contributed by atoms with Gasteiger partial charge in [0.2, 0.25) is 0 Å². The van der Waals surface area contributed by atoms with Crippen LogP contribution in [0.25, 0.3) is 6.08 Å². The second kappa shape index (κ2) is 5.36. The minimum absolute atomic E-state index is 1.02. The fourth-order valence-electron chi connectivity index (χ4n) is 1.10. The lowest BCUT2D eigenvalue weighted by Crippen LogP contribution is -1.72. The second-order valence-electron chi connectivity index (χ2n) is 3.12. The molecule has 0 radical (unpaired) electrons. The summed E-state index contributed by atoms with van der Waals surface area (Å²) < 4.78 is 0. The summed E-state index contributed by atoms with van der Waals surface area (Å²) in [5.74, 6) is 0. The highest BCUT2D eigenvalue weighted by Crippen LogP contribution is 2.05. The maximum absolute atomic E-state index is 2.17. The molecular weight excluding hydrogens is 156 g/mol. The maximum Gasteiger partial charge on any atom is -0.0166 e. The first-order valence-corrected chi connectivity index (χ1v) is 4.67. The number of hydrogen-bond donors (Lipinski definition) is 0. The lowest BCUT2D eigenvalue weighted by Gasteiger charge is -1.93. The van der Waals surface area contributed by atoms with Crippen LogP contribution in [0.15, 0.2) is 42.5 Å². The first kappa shape index (κ1) is 9.79. The highest BCUT2D eigenvalue weighted by Gasteiger charge is 1.84. The molecule has 0 amide bonds. The molecule has 68 valence electrons. The van der Waals surface area contributed by atoms with Crippen molar-refractivity contribution in [2.24, 2.45) is 0 Å². The SMILES string of the molecule is CC=CCC=Cc1ccc(C)cc1. The van der Waals surface area contributed by atoms with Gasteiger partial charge >= 0.3 is 0 Å². The van der Waals surface area contributed by atoms with Gasteiger partial charge in [-0.1, -0.05) is 54.1 Å². The number of hydrogen-bond acceptors (Lipinski definition) is 0. The van der Waals surface area contributed by atoms with Crippen molar-refractivity contribution in [2.45, 2.75) is 20.3 Å². The lowest BCUT2D eigenvalue weighted by atomic mass is 10.1. The van der Waals surface area contributed by atoms with Gasteiger partial charge in [-0.25, -0.2) is 0 Å². The van der Waals surface area contributed by atoms with Gasteiger partial charge < -0.3 is 0 Å². The van der Waals surface area contributed by atoms with Crippen LogP contribution in [0.5, 0.6) is 0 Å². The van der Waals surface area contributed by atoms with E-state index in [4.69, 9.17) is 0 Å². The van der Waals surface area contributed by atoms with E-state index in [1.807, 2.05) is 6.92 Å². The molecule has 0 heterocycles. The number of aryl methyl sites for hydroxylation is 1. The molecule has 0 heteroatoms. The van der Waals surface area contributed by atoms with E-state index < -0.39 is 0 Å². The quantitative estimate of drug-likeness (QED) is 0.605. The van der Waals surface area contributed by atoms with E-state index in [2.05, 4.69) is 55.5 Å². The van der Waals surface area contributed by atoms with Crippen LogP contribution in [0, 0.1) is 6.92 Å². The van der Waals surface area contributed by atoms with Crippen LogP contribution in [0.1, 0.15) is 24.5 Å². The summed E-state index contributed by atoms with van der Waals surface area (Å²) in [6, 6.07) is 8.55. The summed E-state index contributed by atoms with van der Waals surface area (Å²) >= 11 is 0. The Kier molecular flexibility index (Phi) is 4.04. The Labute approximate surface area is 80.6 Å². The Morgan fingerprint density at radius 1 is 1.08 bits per heavy atom. The zero-order valence-corrected chi connectivity index (χ0v) is 8.33. The van der Waals surface area contributed by atoms with Crippen molar-refractivity contribution in [2.75, 3.05) is 0 Å². The average molecular weight is 172 g/mol. The van der Waals surface area contributed by atoms with Crippen LogP contribution in [0.3, 0.4) is 0 Å². The first-order valence-electron chi connectivity index (χ1n) is 4.67. The highest BCUT2D eigenvalue weighted by atomic mass is 13.9. The van der Waals surface area contributed by atoms with Crippen LogP contribution >= 0.6 is 0 Å². The van der Waals surface area contributed by atoms with E-state index in [0.717, 1.165) is 6.42 Å². The molecule has 0 aliphatic carbocycles. The van der Waals surface area contributed by atoms with Gasteiger partial charge in [-0.2, -0.15) is 0 Å². The normalized spacial score (nSPS) is 11.5. The number of benzene rings is 1. The fourth-order valence-corrected chi connectivity index (χ4v) is 1.10. The summed E-state index contributed by atoms with van der Waals surface area (Å²) in [5, 5.41) is 0. The third-order valence-corrected chi connectivity index (χ3v) is 1.90. The van der Waals surface area contributed by atoms with Gasteiger partial charge in [0, 0.05) is 0 Å². The molecule has 0 aliphatic rings. The zero-order chi connectivity index (χ0) is 9.52. The topological polar surface area (TPSA) is 0 Å². The molecule has 0 bridgehead atoms. The van der Waals surface area contributed by atoms with E-state index in [9.17, 15) is 0 Å². The molecule has 1 rings (SSSR count). The molecule has 0 nitrogen and oxygen atoms in total. The highest BCUT2D eigenvalue weighted by molar-refractivity contribution is 5.49. The maximum atomic E-state index is 2.17. The smallest absolute Gasteiger partial charge is 0.0166 e. The Morgan fingerprint density at radius 2 is 1.77 bits per heavy atom. The van der Waals surface area contributed by atoms with Gasteiger partial charge in [-0.3, -0.25) is 0 Å². The zero-order valence-electron chi connectivity index (χ0n) is 8.33. The molecule has 0 atom stereocenters. The van der Waals surface area contributed by atoms with Gasteiger partial charge in [0.1, 0.15) is 0 Å². The van der Waals surface area contributed by atoms with Crippen molar-refractivity contribution in [3.05, 3.63) is 53.6 Å². The summed E-state index contributed by atoms with van der Waals surface area (Å²) in [5.41, 5.74) is 2.58. The second-order valence-corrected chi connectivity index (χ2v) is 3.12. The van der Waals surface area contributed by atoms with Crippen LogP contribution in [-0.4, -0.2) is 0 Å². The minimum atomic E-state index is 1.02. The van der Waals surface area contributed by atoms with Crippen LogP contribution < -0.4 is 0 Å². The molecule has 0 aromatic heterocycles. The molecule has 1 aromatic carbocycles. The minimum Gasteiger partial charge on any atom is -0.0914 e. The van der Waals surface area contributed by atoms with Crippen molar-refractivity contribution in [3.8, 4) is 0 Å². The molecule has 0 saturated heterocycles. The Bertz CT molecular complexity index is 288. The van der Waals surface area contributed by atoms with Crippen molar-refractivity contribution in [3.63, 3.8) is 0 Å². The summed E-state index contributed by atoms with van der Waals surface area (Å²) in [6.45, 7) is 4.15. The lowest BCUT2D eigenvalue weighted by molar-refractivity contribution is 1.39. The molecule has 0 saturated carbocycles.